The van der Waals surface area contributed by atoms with Gasteiger partial charge in [-0.2, -0.15) is 0 Å². The number of piperidine rings is 2. The van der Waals surface area contributed by atoms with Crippen molar-refractivity contribution in [3.05, 3.63) is 0 Å². The Labute approximate surface area is 116 Å². The van der Waals surface area contributed by atoms with Gasteiger partial charge in [0, 0.05) is 25.2 Å². The van der Waals surface area contributed by atoms with Crippen molar-refractivity contribution in [2.45, 2.75) is 71.1 Å². The van der Waals surface area contributed by atoms with Crippen molar-refractivity contribution in [3.63, 3.8) is 0 Å². The van der Waals surface area contributed by atoms with E-state index in [1.54, 1.807) is 0 Å². The highest BCUT2D eigenvalue weighted by Gasteiger charge is 2.34. The average molecular weight is 268 g/mol. The van der Waals surface area contributed by atoms with Crippen molar-refractivity contribution < 1.29 is 9.90 Å². The third-order valence-electron chi connectivity index (χ3n) is 4.91. The van der Waals surface area contributed by atoms with Crippen LogP contribution in [0.3, 0.4) is 0 Å². The zero-order valence-electron chi connectivity index (χ0n) is 12.5. The Morgan fingerprint density at radius 3 is 2.11 bits per heavy atom. The number of nitrogens with zero attached hydrogens (tertiary/aromatic N) is 2. The van der Waals surface area contributed by atoms with Gasteiger partial charge in [0.15, 0.2) is 0 Å². The van der Waals surface area contributed by atoms with E-state index in [1.807, 2.05) is 11.8 Å². The van der Waals surface area contributed by atoms with Crippen molar-refractivity contribution in [3.8, 4) is 0 Å². The van der Waals surface area contributed by atoms with Crippen LogP contribution in [-0.4, -0.2) is 52.2 Å². The van der Waals surface area contributed by atoms with Gasteiger partial charge in [0.2, 0.25) is 0 Å². The van der Waals surface area contributed by atoms with Crippen LogP contribution in [0.2, 0.25) is 0 Å². The van der Waals surface area contributed by atoms with Gasteiger partial charge in [0.1, 0.15) is 0 Å². The molecule has 0 aromatic rings. The molecule has 19 heavy (non-hydrogen) atoms. The molecule has 110 valence electrons. The topological polar surface area (TPSA) is 43.8 Å². The molecule has 0 spiro atoms. The van der Waals surface area contributed by atoms with E-state index >= 15 is 0 Å². The molecule has 2 amide bonds. The molecule has 0 aromatic heterocycles. The molecule has 2 heterocycles. The van der Waals surface area contributed by atoms with E-state index < -0.39 is 0 Å². The number of likely N-dealkylation sites (tertiary alicyclic amines) is 2. The Morgan fingerprint density at radius 1 is 1.11 bits per heavy atom. The molecule has 0 aromatic carbocycles. The fourth-order valence-electron chi connectivity index (χ4n) is 3.53. The monoisotopic (exact) mass is 268 g/mol. The summed E-state index contributed by atoms with van der Waals surface area (Å²) in [7, 11) is 0. The number of amides is 2. The smallest absolute Gasteiger partial charge is 0.320 e. The normalized spacial score (nSPS) is 31.4. The van der Waals surface area contributed by atoms with Crippen molar-refractivity contribution in [1.29, 1.82) is 0 Å². The molecule has 0 aliphatic carbocycles. The lowest BCUT2D eigenvalue weighted by Gasteiger charge is -2.43. The maximum atomic E-state index is 12.6. The fourth-order valence-corrected chi connectivity index (χ4v) is 3.53. The number of aliphatic hydroxyl groups is 1. The summed E-state index contributed by atoms with van der Waals surface area (Å²) in [6, 6.07) is 0.945. The van der Waals surface area contributed by atoms with Crippen LogP contribution < -0.4 is 0 Å². The Balaban J connectivity index is 1.93. The molecule has 2 rings (SSSR count). The first-order chi connectivity index (χ1) is 9.00. The molecular formula is C15H28N2O2. The quantitative estimate of drug-likeness (QED) is 0.794. The van der Waals surface area contributed by atoms with Crippen LogP contribution in [-0.2, 0) is 0 Å². The highest BCUT2D eigenvalue weighted by atomic mass is 16.3. The van der Waals surface area contributed by atoms with Crippen molar-refractivity contribution in [1.82, 2.24) is 9.80 Å². The van der Waals surface area contributed by atoms with E-state index in [1.165, 1.54) is 6.42 Å². The lowest BCUT2D eigenvalue weighted by molar-refractivity contribution is 0.0553. The molecule has 2 saturated heterocycles. The second-order valence-corrected chi connectivity index (χ2v) is 6.38. The third-order valence-corrected chi connectivity index (χ3v) is 4.91. The molecule has 0 bridgehead atoms. The Kier molecular flexibility index (Phi) is 4.71. The van der Waals surface area contributed by atoms with E-state index in [9.17, 15) is 9.90 Å². The zero-order chi connectivity index (χ0) is 14.0. The number of urea groups is 1. The first kappa shape index (κ1) is 14.6. The van der Waals surface area contributed by atoms with Gasteiger partial charge in [-0.05, 0) is 58.8 Å². The van der Waals surface area contributed by atoms with Gasteiger partial charge in [-0.3, -0.25) is 0 Å². The van der Waals surface area contributed by atoms with Crippen LogP contribution in [0, 0.1) is 5.92 Å². The molecule has 2 aliphatic heterocycles. The standard InChI is InChI=1S/C15H28N2O2/c1-11-5-4-6-12(2)17(11)15(19)16-9-7-14(8-10-16)13(3)18/h11-14,18H,4-10H2,1-3H3. The first-order valence-corrected chi connectivity index (χ1v) is 7.76. The van der Waals surface area contributed by atoms with E-state index in [-0.39, 0.29) is 12.1 Å². The third kappa shape index (κ3) is 3.22. The molecule has 0 radical (unpaired) electrons. The molecular weight excluding hydrogens is 240 g/mol. The van der Waals surface area contributed by atoms with Crippen LogP contribution in [0.25, 0.3) is 0 Å². The molecule has 1 N–H and O–H groups in total. The van der Waals surface area contributed by atoms with Crippen molar-refractivity contribution in [2.75, 3.05) is 13.1 Å². The number of hydrogen-bond acceptors (Lipinski definition) is 2. The molecule has 0 saturated carbocycles. The Morgan fingerprint density at radius 2 is 1.63 bits per heavy atom. The number of aliphatic hydroxyl groups excluding tert-OH is 1. The number of carbonyl (C=O) groups is 1. The van der Waals surface area contributed by atoms with Gasteiger partial charge in [-0.25, -0.2) is 4.79 Å². The Bertz CT molecular complexity index is 301. The van der Waals surface area contributed by atoms with Gasteiger partial charge >= 0.3 is 6.03 Å². The largest absolute Gasteiger partial charge is 0.393 e. The van der Waals surface area contributed by atoms with Crippen LogP contribution in [0.4, 0.5) is 4.79 Å². The molecule has 4 heteroatoms. The summed E-state index contributed by atoms with van der Waals surface area (Å²) in [4.78, 5) is 16.7. The van der Waals surface area contributed by atoms with Crippen molar-refractivity contribution >= 4 is 6.03 Å². The predicted octanol–water partition coefficient (Wildman–Crippen LogP) is 2.46. The van der Waals surface area contributed by atoms with E-state index in [4.69, 9.17) is 0 Å². The first-order valence-electron chi connectivity index (χ1n) is 7.76. The maximum Gasteiger partial charge on any atom is 0.320 e. The minimum absolute atomic E-state index is 0.212. The summed E-state index contributed by atoms with van der Waals surface area (Å²) in [6.45, 7) is 7.78. The fraction of sp³-hybridized carbons (Fsp3) is 0.933. The highest BCUT2D eigenvalue weighted by molar-refractivity contribution is 5.75. The summed E-state index contributed by atoms with van der Waals surface area (Å²) in [5, 5.41) is 9.62. The minimum Gasteiger partial charge on any atom is -0.393 e. The van der Waals surface area contributed by atoms with E-state index in [0.717, 1.165) is 38.8 Å². The summed E-state index contributed by atoms with van der Waals surface area (Å²) in [5.74, 6) is 0.361. The molecule has 2 fully saturated rings. The van der Waals surface area contributed by atoms with E-state index in [0.29, 0.717) is 18.0 Å². The summed E-state index contributed by atoms with van der Waals surface area (Å²) in [5.41, 5.74) is 0. The summed E-state index contributed by atoms with van der Waals surface area (Å²) >= 11 is 0. The summed E-state index contributed by atoms with van der Waals surface area (Å²) in [6.07, 6.45) is 5.10. The molecule has 4 nitrogen and oxygen atoms in total. The molecule has 3 atom stereocenters. The van der Waals surface area contributed by atoms with Crippen LogP contribution in [0.5, 0.6) is 0 Å². The van der Waals surface area contributed by atoms with Crippen LogP contribution in [0.15, 0.2) is 0 Å². The van der Waals surface area contributed by atoms with Gasteiger partial charge in [-0.15, -0.1) is 0 Å². The van der Waals surface area contributed by atoms with Crippen LogP contribution >= 0.6 is 0 Å². The average Bonchev–Trinajstić information content (AvgIpc) is 2.38. The number of carbonyl (C=O) groups excluding carboxylic acids is 1. The zero-order valence-corrected chi connectivity index (χ0v) is 12.5. The van der Waals surface area contributed by atoms with Gasteiger partial charge in [0.25, 0.3) is 0 Å². The lowest BCUT2D eigenvalue weighted by Crippen LogP contribution is -2.55. The number of hydrogen-bond donors (Lipinski definition) is 1. The SMILES string of the molecule is CC(O)C1CCN(C(=O)N2C(C)CCCC2C)CC1. The number of rotatable bonds is 1. The second-order valence-electron chi connectivity index (χ2n) is 6.38. The van der Waals surface area contributed by atoms with Crippen LogP contribution in [0.1, 0.15) is 52.9 Å². The van der Waals surface area contributed by atoms with Crippen molar-refractivity contribution in [2.24, 2.45) is 5.92 Å². The van der Waals surface area contributed by atoms with Gasteiger partial charge in [-0.1, -0.05) is 0 Å². The molecule has 2 aliphatic rings. The van der Waals surface area contributed by atoms with Gasteiger partial charge < -0.3 is 14.9 Å². The lowest BCUT2D eigenvalue weighted by atomic mass is 9.92. The predicted molar refractivity (Wildman–Crippen MR) is 76.0 cm³/mol. The highest BCUT2D eigenvalue weighted by Crippen LogP contribution is 2.26. The van der Waals surface area contributed by atoms with E-state index in [2.05, 4.69) is 18.7 Å². The van der Waals surface area contributed by atoms with Gasteiger partial charge in [0.05, 0.1) is 6.10 Å². The minimum atomic E-state index is -0.245. The summed E-state index contributed by atoms with van der Waals surface area (Å²) < 4.78 is 0. The molecule has 3 unspecified atom stereocenters. The second kappa shape index (κ2) is 6.12. The maximum absolute atomic E-state index is 12.6. The Hall–Kier alpha value is -0.770.